The van der Waals surface area contributed by atoms with Crippen molar-refractivity contribution < 1.29 is 4.74 Å². The normalized spacial score (nSPS) is 20.8. The SMILES string of the molecule is CCC(C)(C)OCC(NC)C1CCCC1. The van der Waals surface area contributed by atoms with Gasteiger partial charge >= 0.3 is 0 Å². The Morgan fingerprint density at radius 1 is 1.33 bits per heavy atom. The quantitative estimate of drug-likeness (QED) is 0.732. The summed E-state index contributed by atoms with van der Waals surface area (Å²) >= 11 is 0. The molecule has 0 amide bonds. The summed E-state index contributed by atoms with van der Waals surface area (Å²) in [5, 5.41) is 3.42. The second-order valence-corrected chi connectivity index (χ2v) is 5.36. The molecule has 0 aliphatic heterocycles. The van der Waals surface area contributed by atoms with E-state index in [9.17, 15) is 0 Å². The molecule has 0 radical (unpaired) electrons. The zero-order chi connectivity index (χ0) is 11.3. The third-order valence-electron chi connectivity index (χ3n) is 3.84. The highest BCUT2D eigenvalue weighted by Crippen LogP contribution is 2.28. The first-order chi connectivity index (χ1) is 7.09. The summed E-state index contributed by atoms with van der Waals surface area (Å²) in [5.74, 6) is 0.836. The van der Waals surface area contributed by atoms with E-state index in [0.29, 0.717) is 6.04 Å². The van der Waals surface area contributed by atoms with Crippen molar-refractivity contribution in [3.8, 4) is 0 Å². The molecule has 1 aliphatic rings. The minimum Gasteiger partial charge on any atom is -0.374 e. The first-order valence-corrected chi connectivity index (χ1v) is 6.40. The summed E-state index contributed by atoms with van der Waals surface area (Å²) in [5.41, 5.74) is 0.0354. The van der Waals surface area contributed by atoms with Gasteiger partial charge in [-0.2, -0.15) is 0 Å². The van der Waals surface area contributed by atoms with Crippen molar-refractivity contribution in [2.45, 2.75) is 64.5 Å². The van der Waals surface area contributed by atoms with E-state index < -0.39 is 0 Å². The average molecular weight is 213 g/mol. The highest BCUT2D eigenvalue weighted by Gasteiger charge is 2.26. The van der Waals surface area contributed by atoms with Crippen molar-refractivity contribution in [2.75, 3.05) is 13.7 Å². The molecule has 0 aromatic heterocycles. The van der Waals surface area contributed by atoms with Crippen molar-refractivity contribution in [2.24, 2.45) is 5.92 Å². The number of hydrogen-bond donors (Lipinski definition) is 1. The molecule has 1 rings (SSSR count). The number of likely N-dealkylation sites (N-methyl/N-ethyl adjacent to an activating group) is 1. The van der Waals surface area contributed by atoms with E-state index in [1.54, 1.807) is 0 Å². The summed E-state index contributed by atoms with van der Waals surface area (Å²) in [4.78, 5) is 0. The fourth-order valence-corrected chi connectivity index (χ4v) is 2.23. The minimum atomic E-state index is 0.0354. The maximum Gasteiger partial charge on any atom is 0.0629 e. The standard InChI is InChI=1S/C13H27NO/c1-5-13(2,3)15-10-12(14-4)11-8-6-7-9-11/h11-12,14H,5-10H2,1-4H3. The van der Waals surface area contributed by atoms with Crippen molar-refractivity contribution in [1.82, 2.24) is 5.32 Å². The molecule has 2 heteroatoms. The van der Waals surface area contributed by atoms with Crippen LogP contribution in [0.3, 0.4) is 0 Å². The van der Waals surface area contributed by atoms with E-state index in [-0.39, 0.29) is 5.60 Å². The van der Waals surface area contributed by atoms with Crippen molar-refractivity contribution in [3.63, 3.8) is 0 Å². The summed E-state index contributed by atoms with van der Waals surface area (Å²) < 4.78 is 5.98. The van der Waals surface area contributed by atoms with Crippen LogP contribution in [0.25, 0.3) is 0 Å². The first kappa shape index (κ1) is 13.0. The van der Waals surface area contributed by atoms with Crippen LogP contribution in [0.2, 0.25) is 0 Å². The largest absolute Gasteiger partial charge is 0.374 e. The zero-order valence-corrected chi connectivity index (χ0v) is 10.8. The Morgan fingerprint density at radius 3 is 2.40 bits per heavy atom. The summed E-state index contributed by atoms with van der Waals surface area (Å²) in [6, 6.07) is 0.554. The number of hydrogen-bond acceptors (Lipinski definition) is 2. The fraction of sp³-hybridized carbons (Fsp3) is 1.00. The Morgan fingerprint density at radius 2 is 1.93 bits per heavy atom. The lowest BCUT2D eigenvalue weighted by Crippen LogP contribution is -2.39. The number of ether oxygens (including phenoxy) is 1. The molecule has 1 saturated carbocycles. The topological polar surface area (TPSA) is 21.3 Å². The van der Waals surface area contributed by atoms with Crippen LogP contribution in [-0.4, -0.2) is 25.3 Å². The van der Waals surface area contributed by atoms with Gasteiger partial charge in [0.15, 0.2) is 0 Å². The molecule has 15 heavy (non-hydrogen) atoms. The second-order valence-electron chi connectivity index (χ2n) is 5.36. The molecule has 1 fully saturated rings. The van der Waals surface area contributed by atoms with Gasteiger partial charge < -0.3 is 10.1 Å². The Bertz CT molecular complexity index is 173. The fourth-order valence-electron chi connectivity index (χ4n) is 2.23. The number of nitrogens with one attached hydrogen (secondary N) is 1. The molecule has 0 heterocycles. The van der Waals surface area contributed by atoms with Crippen LogP contribution in [0.15, 0.2) is 0 Å². The molecule has 0 aromatic rings. The third kappa shape index (κ3) is 4.12. The zero-order valence-electron chi connectivity index (χ0n) is 10.8. The monoisotopic (exact) mass is 213 g/mol. The second kappa shape index (κ2) is 5.86. The molecule has 0 aromatic carbocycles. The molecule has 2 nitrogen and oxygen atoms in total. The van der Waals surface area contributed by atoms with E-state index in [1.165, 1.54) is 25.7 Å². The molecule has 0 saturated heterocycles. The van der Waals surface area contributed by atoms with Gasteiger partial charge in [-0.05, 0) is 46.1 Å². The van der Waals surface area contributed by atoms with Gasteiger partial charge in [-0.15, -0.1) is 0 Å². The molecule has 0 spiro atoms. The molecular weight excluding hydrogens is 186 g/mol. The van der Waals surface area contributed by atoms with E-state index in [4.69, 9.17) is 4.74 Å². The first-order valence-electron chi connectivity index (χ1n) is 6.40. The molecular formula is C13H27NO. The molecule has 1 N–H and O–H groups in total. The van der Waals surface area contributed by atoms with Crippen LogP contribution in [0.5, 0.6) is 0 Å². The Hall–Kier alpha value is -0.0800. The van der Waals surface area contributed by atoms with Gasteiger partial charge in [-0.25, -0.2) is 0 Å². The molecule has 1 unspecified atom stereocenters. The third-order valence-corrected chi connectivity index (χ3v) is 3.84. The molecule has 1 aliphatic carbocycles. The maximum absolute atomic E-state index is 5.98. The van der Waals surface area contributed by atoms with Gasteiger partial charge in [-0.3, -0.25) is 0 Å². The Balaban J connectivity index is 2.33. The van der Waals surface area contributed by atoms with Gasteiger partial charge in [0, 0.05) is 6.04 Å². The smallest absolute Gasteiger partial charge is 0.0629 e. The van der Waals surface area contributed by atoms with Crippen LogP contribution < -0.4 is 5.32 Å². The number of rotatable bonds is 6. The average Bonchev–Trinajstić information content (AvgIpc) is 2.72. The van der Waals surface area contributed by atoms with Crippen LogP contribution in [0, 0.1) is 5.92 Å². The van der Waals surface area contributed by atoms with E-state index in [2.05, 4.69) is 33.1 Å². The van der Waals surface area contributed by atoms with Gasteiger partial charge in [0.25, 0.3) is 0 Å². The van der Waals surface area contributed by atoms with E-state index in [0.717, 1.165) is 18.9 Å². The summed E-state index contributed by atoms with van der Waals surface area (Å²) in [6.07, 6.45) is 6.64. The Labute approximate surface area is 94.8 Å². The molecule has 1 atom stereocenters. The van der Waals surface area contributed by atoms with Crippen LogP contribution in [0.1, 0.15) is 52.9 Å². The van der Waals surface area contributed by atoms with E-state index in [1.807, 2.05) is 0 Å². The van der Waals surface area contributed by atoms with E-state index >= 15 is 0 Å². The minimum absolute atomic E-state index is 0.0354. The highest BCUT2D eigenvalue weighted by atomic mass is 16.5. The molecule has 90 valence electrons. The molecule has 0 bridgehead atoms. The van der Waals surface area contributed by atoms with Gasteiger partial charge in [0.1, 0.15) is 0 Å². The summed E-state index contributed by atoms with van der Waals surface area (Å²) in [6.45, 7) is 7.40. The van der Waals surface area contributed by atoms with Crippen LogP contribution >= 0.6 is 0 Å². The Kier molecular flexibility index (Phi) is 5.07. The van der Waals surface area contributed by atoms with Crippen molar-refractivity contribution in [1.29, 1.82) is 0 Å². The maximum atomic E-state index is 5.98. The lowest BCUT2D eigenvalue weighted by Gasteiger charge is -2.29. The highest BCUT2D eigenvalue weighted by molar-refractivity contribution is 4.80. The van der Waals surface area contributed by atoms with Gasteiger partial charge in [0.05, 0.1) is 12.2 Å². The predicted molar refractivity (Wildman–Crippen MR) is 65.1 cm³/mol. The van der Waals surface area contributed by atoms with Crippen LogP contribution in [-0.2, 0) is 4.74 Å². The van der Waals surface area contributed by atoms with Crippen LogP contribution in [0.4, 0.5) is 0 Å². The predicted octanol–water partition coefficient (Wildman–Crippen LogP) is 2.97. The van der Waals surface area contributed by atoms with Gasteiger partial charge in [0.2, 0.25) is 0 Å². The summed E-state index contributed by atoms with van der Waals surface area (Å²) in [7, 11) is 2.06. The lowest BCUT2D eigenvalue weighted by molar-refractivity contribution is -0.0360. The lowest BCUT2D eigenvalue weighted by atomic mass is 9.98. The van der Waals surface area contributed by atoms with Gasteiger partial charge in [-0.1, -0.05) is 19.8 Å². The van der Waals surface area contributed by atoms with Crippen molar-refractivity contribution in [3.05, 3.63) is 0 Å². The van der Waals surface area contributed by atoms with Crippen molar-refractivity contribution >= 4 is 0 Å².